The van der Waals surface area contributed by atoms with E-state index in [9.17, 15) is 4.79 Å². The van der Waals surface area contributed by atoms with Crippen molar-refractivity contribution in [3.05, 3.63) is 42.5 Å². The van der Waals surface area contributed by atoms with Gasteiger partial charge in [0, 0.05) is 4.90 Å². The van der Waals surface area contributed by atoms with Crippen LogP contribution >= 0.6 is 11.8 Å². The van der Waals surface area contributed by atoms with E-state index in [-0.39, 0.29) is 11.2 Å². The summed E-state index contributed by atoms with van der Waals surface area (Å²) in [6, 6.07) is 9.80. The van der Waals surface area contributed by atoms with Gasteiger partial charge in [-0.1, -0.05) is 36.0 Å². The molecule has 0 amide bonds. The third-order valence-electron chi connectivity index (χ3n) is 1.84. The normalized spacial score (nSPS) is 21.1. The van der Waals surface area contributed by atoms with Crippen LogP contribution in [-0.4, -0.2) is 17.8 Å². The van der Waals surface area contributed by atoms with Crippen molar-refractivity contribution >= 4 is 17.5 Å². The Hall–Kier alpha value is -1.06. The van der Waals surface area contributed by atoms with Gasteiger partial charge in [0.1, 0.15) is 0 Å². The molecule has 2 rings (SSSR count). The molecule has 0 saturated heterocycles. The van der Waals surface area contributed by atoms with Gasteiger partial charge in [-0.25, -0.2) is 0 Å². The maximum atomic E-state index is 11.4. The first-order valence-electron chi connectivity index (χ1n) is 4.40. The molecule has 0 aliphatic carbocycles. The van der Waals surface area contributed by atoms with E-state index in [0.29, 0.717) is 6.61 Å². The summed E-state index contributed by atoms with van der Waals surface area (Å²) in [5.41, 5.74) is -0.373. The molecule has 0 spiro atoms. The summed E-state index contributed by atoms with van der Waals surface area (Å²) in [4.78, 5) is 12.4. The summed E-state index contributed by atoms with van der Waals surface area (Å²) in [6.45, 7) is 0.524. The van der Waals surface area contributed by atoms with Gasteiger partial charge in [-0.3, -0.25) is 4.79 Å². The Kier molecular flexibility index (Phi) is 3.01. The van der Waals surface area contributed by atoms with Gasteiger partial charge in [-0.2, -0.15) is 0 Å². The van der Waals surface area contributed by atoms with Gasteiger partial charge >= 0.3 is 0 Å². The average Bonchev–Trinajstić information content (AvgIpc) is 2.23. The van der Waals surface area contributed by atoms with Crippen molar-refractivity contribution in [2.24, 2.45) is 0 Å². The topological polar surface area (TPSA) is 26.3 Å². The second kappa shape index (κ2) is 4.44. The van der Waals surface area contributed by atoms with Gasteiger partial charge in [0.2, 0.25) is 0 Å². The molecular weight excluding hydrogens is 196 g/mol. The summed E-state index contributed by atoms with van der Waals surface area (Å²) < 4.78 is 5.32. The summed E-state index contributed by atoms with van der Waals surface area (Å²) >= 11 is 1.45. The zero-order valence-corrected chi connectivity index (χ0v) is 8.37. The summed E-state index contributed by atoms with van der Waals surface area (Å²) in [5.74, 6) is 0.0325. The summed E-state index contributed by atoms with van der Waals surface area (Å²) in [6.07, 6.45) is 3.33. The molecule has 1 aliphatic rings. The fraction of sp³-hybridized carbons (Fsp3) is 0.182. The van der Waals surface area contributed by atoms with Crippen LogP contribution in [0.4, 0.5) is 0 Å². The quantitative estimate of drug-likeness (QED) is 0.742. The minimum atomic E-state index is -0.373. The van der Waals surface area contributed by atoms with Gasteiger partial charge in [0.25, 0.3) is 0 Å². The number of carbonyl (C=O) groups excluding carboxylic acids is 1. The minimum Gasteiger partial charge on any atom is -0.355 e. The third kappa shape index (κ3) is 2.25. The third-order valence-corrected chi connectivity index (χ3v) is 2.97. The Morgan fingerprint density at radius 1 is 1.29 bits per heavy atom. The first kappa shape index (κ1) is 9.49. The monoisotopic (exact) mass is 206 g/mol. The van der Waals surface area contributed by atoms with E-state index in [2.05, 4.69) is 0 Å². The minimum absolute atomic E-state index is 0.0325. The van der Waals surface area contributed by atoms with Crippen LogP contribution in [0.2, 0.25) is 0 Å². The van der Waals surface area contributed by atoms with Crippen LogP contribution in [0.15, 0.2) is 47.4 Å². The number of hydrogen-bond donors (Lipinski definition) is 0. The van der Waals surface area contributed by atoms with Gasteiger partial charge in [0.05, 0.1) is 6.61 Å². The highest BCUT2D eigenvalue weighted by Crippen LogP contribution is 2.25. The number of benzene rings is 1. The largest absolute Gasteiger partial charge is 0.355 e. The van der Waals surface area contributed by atoms with Gasteiger partial charge in [-0.05, 0) is 18.2 Å². The van der Waals surface area contributed by atoms with Gasteiger partial charge in [0.15, 0.2) is 11.2 Å². The van der Waals surface area contributed by atoms with Gasteiger partial charge in [-0.15, -0.1) is 0 Å². The fourth-order valence-corrected chi connectivity index (χ4v) is 2.09. The van der Waals surface area contributed by atoms with Crippen molar-refractivity contribution in [2.45, 2.75) is 10.3 Å². The van der Waals surface area contributed by atoms with Crippen LogP contribution in [-0.2, 0) is 9.53 Å². The Morgan fingerprint density at radius 3 is 2.79 bits per heavy atom. The molecule has 0 N–H and O–H groups in total. The molecule has 1 aromatic rings. The predicted molar refractivity (Wildman–Crippen MR) is 56.2 cm³/mol. The van der Waals surface area contributed by atoms with Crippen LogP contribution < -0.4 is 0 Å². The maximum absolute atomic E-state index is 11.4. The Bertz CT molecular complexity index is 346. The van der Waals surface area contributed by atoms with Gasteiger partial charge < -0.3 is 4.74 Å². The number of hydrogen-bond acceptors (Lipinski definition) is 3. The van der Waals surface area contributed by atoms with Crippen molar-refractivity contribution in [1.29, 1.82) is 0 Å². The summed E-state index contributed by atoms with van der Waals surface area (Å²) in [5, 5.41) is 0. The number of thioether (sulfide) groups is 1. The van der Waals surface area contributed by atoms with Crippen molar-refractivity contribution in [3.8, 4) is 0 Å². The first-order valence-corrected chi connectivity index (χ1v) is 5.28. The van der Waals surface area contributed by atoms with Crippen LogP contribution in [0.25, 0.3) is 0 Å². The van der Waals surface area contributed by atoms with Crippen molar-refractivity contribution < 1.29 is 9.53 Å². The molecule has 0 bridgehead atoms. The zero-order chi connectivity index (χ0) is 9.80. The average molecular weight is 206 g/mol. The molecule has 72 valence electrons. The smallest absolute Gasteiger partial charge is 0.194 e. The zero-order valence-electron chi connectivity index (χ0n) is 7.55. The highest BCUT2D eigenvalue weighted by molar-refractivity contribution is 8.00. The first-order chi connectivity index (χ1) is 6.86. The molecule has 14 heavy (non-hydrogen) atoms. The van der Waals surface area contributed by atoms with Crippen LogP contribution in [0.3, 0.4) is 0 Å². The van der Waals surface area contributed by atoms with Crippen LogP contribution in [0.5, 0.6) is 0 Å². The second-order valence-electron chi connectivity index (χ2n) is 2.90. The van der Waals surface area contributed by atoms with E-state index < -0.39 is 0 Å². The number of ketones is 1. The molecule has 0 radical (unpaired) electrons. The maximum Gasteiger partial charge on any atom is 0.194 e. The lowest BCUT2D eigenvalue weighted by Crippen LogP contribution is -2.22. The molecule has 0 saturated carbocycles. The predicted octanol–water partition coefficient (Wildman–Crippen LogP) is 2.26. The molecule has 0 aromatic heterocycles. The lowest BCUT2D eigenvalue weighted by atomic mass is 10.3. The Morgan fingerprint density at radius 2 is 2.07 bits per heavy atom. The SMILES string of the molecule is O=C1C=CCO[C@H]1Sc1ccccc1. The standard InChI is InChI=1S/C11H10O2S/c12-10-7-4-8-13-11(10)14-9-5-2-1-3-6-9/h1-7,11H,8H2/t11-/m0/s1. The van der Waals surface area contributed by atoms with Crippen molar-refractivity contribution in [2.75, 3.05) is 6.61 Å². The van der Waals surface area contributed by atoms with E-state index >= 15 is 0 Å². The number of ether oxygens (including phenoxy) is 1. The van der Waals surface area contributed by atoms with E-state index in [1.165, 1.54) is 11.8 Å². The highest BCUT2D eigenvalue weighted by atomic mass is 32.2. The number of carbonyl (C=O) groups is 1. The molecular formula is C11H10O2S. The highest BCUT2D eigenvalue weighted by Gasteiger charge is 2.20. The van der Waals surface area contributed by atoms with Crippen molar-refractivity contribution in [3.63, 3.8) is 0 Å². The lowest BCUT2D eigenvalue weighted by molar-refractivity contribution is -0.121. The van der Waals surface area contributed by atoms with E-state index in [4.69, 9.17) is 4.74 Å². The van der Waals surface area contributed by atoms with E-state index in [1.807, 2.05) is 30.3 Å². The number of rotatable bonds is 2. The molecule has 3 heteroatoms. The molecule has 2 nitrogen and oxygen atoms in total. The second-order valence-corrected chi connectivity index (χ2v) is 4.04. The molecule has 0 unspecified atom stereocenters. The van der Waals surface area contributed by atoms with Crippen LogP contribution in [0, 0.1) is 0 Å². The van der Waals surface area contributed by atoms with E-state index in [1.54, 1.807) is 12.2 Å². The Labute approximate surface area is 87.0 Å². The fourth-order valence-electron chi connectivity index (χ4n) is 1.18. The molecule has 1 heterocycles. The van der Waals surface area contributed by atoms with Crippen LogP contribution in [0.1, 0.15) is 0 Å². The molecule has 0 fully saturated rings. The molecule has 1 atom stereocenters. The van der Waals surface area contributed by atoms with Crippen molar-refractivity contribution in [1.82, 2.24) is 0 Å². The molecule has 1 aromatic carbocycles. The summed E-state index contributed by atoms with van der Waals surface area (Å²) in [7, 11) is 0. The Balaban J connectivity index is 2.04. The molecule has 1 aliphatic heterocycles. The lowest BCUT2D eigenvalue weighted by Gasteiger charge is -2.16. The van der Waals surface area contributed by atoms with E-state index in [0.717, 1.165) is 4.90 Å².